The lowest BCUT2D eigenvalue weighted by Gasteiger charge is -2.14. The Bertz CT molecular complexity index is 860. The molecular weight excluding hydrogens is 378 g/mol. The van der Waals surface area contributed by atoms with Gasteiger partial charge in [-0.15, -0.1) is 0 Å². The van der Waals surface area contributed by atoms with Crippen LogP contribution in [0.15, 0.2) is 53.4 Å². The van der Waals surface area contributed by atoms with Gasteiger partial charge in [-0.2, -0.15) is 0 Å². The van der Waals surface area contributed by atoms with Crippen molar-refractivity contribution in [2.45, 2.75) is 19.8 Å². The molecular formula is C21H21NO3S2. The smallest absolute Gasteiger partial charge is 0.263 e. The topological polar surface area (TPSA) is 47.6 Å². The maximum Gasteiger partial charge on any atom is 0.263 e. The number of amides is 1. The molecule has 1 heterocycles. The molecule has 0 saturated carbocycles. The Balaban J connectivity index is 1.50. The number of benzene rings is 2. The summed E-state index contributed by atoms with van der Waals surface area (Å²) in [4.78, 5) is 12.3. The predicted molar refractivity (Wildman–Crippen MR) is 114 cm³/mol. The third-order valence-corrected chi connectivity index (χ3v) is 5.13. The van der Waals surface area contributed by atoms with E-state index in [9.17, 15) is 4.79 Å². The molecule has 6 heteroatoms. The normalized spacial score (nSPS) is 15.3. The molecule has 0 spiro atoms. The van der Waals surface area contributed by atoms with E-state index in [4.69, 9.17) is 21.7 Å². The van der Waals surface area contributed by atoms with Gasteiger partial charge < -0.3 is 14.8 Å². The Labute approximate surface area is 168 Å². The van der Waals surface area contributed by atoms with Gasteiger partial charge in [-0.3, -0.25) is 4.79 Å². The van der Waals surface area contributed by atoms with Gasteiger partial charge in [-0.05, 0) is 41.3 Å². The van der Waals surface area contributed by atoms with Crippen LogP contribution in [0.5, 0.6) is 11.5 Å². The molecule has 3 rings (SSSR count). The van der Waals surface area contributed by atoms with E-state index in [0.29, 0.717) is 28.4 Å². The van der Waals surface area contributed by atoms with Crippen molar-refractivity contribution in [3.05, 3.63) is 64.6 Å². The third kappa shape index (κ3) is 5.34. The second kappa shape index (κ2) is 9.06. The first-order chi connectivity index (χ1) is 13.0. The maximum absolute atomic E-state index is 11.7. The zero-order valence-corrected chi connectivity index (χ0v) is 16.9. The average molecular weight is 400 g/mol. The van der Waals surface area contributed by atoms with Crippen molar-refractivity contribution in [1.82, 2.24) is 5.32 Å². The lowest BCUT2D eigenvalue weighted by atomic mass is 10.0. The van der Waals surface area contributed by atoms with E-state index < -0.39 is 0 Å². The number of nitrogens with one attached hydrogen (secondary N) is 1. The van der Waals surface area contributed by atoms with Gasteiger partial charge >= 0.3 is 0 Å². The highest BCUT2D eigenvalue weighted by atomic mass is 32.2. The monoisotopic (exact) mass is 399 g/mol. The Morgan fingerprint density at radius 1 is 1.07 bits per heavy atom. The van der Waals surface area contributed by atoms with Crippen molar-refractivity contribution < 1.29 is 14.3 Å². The molecule has 1 amide bonds. The predicted octanol–water partition coefficient (Wildman–Crippen LogP) is 4.76. The first-order valence-corrected chi connectivity index (χ1v) is 9.95. The Morgan fingerprint density at radius 2 is 1.78 bits per heavy atom. The van der Waals surface area contributed by atoms with Crippen LogP contribution < -0.4 is 14.8 Å². The molecule has 1 aliphatic heterocycles. The van der Waals surface area contributed by atoms with Crippen molar-refractivity contribution in [2.24, 2.45) is 0 Å². The minimum Gasteiger partial charge on any atom is -0.490 e. The van der Waals surface area contributed by atoms with E-state index in [0.717, 1.165) is 17.1 Å². The molecule has 2 aromatic rings. The summed E-state index contributed by atoms with van der Waals surface area (Å²) in [6.07, 6.45) is 1.81. The van der Waals surface area contributed by atoms with Crippen LogP contribution in [-0.4, -0.2) is 23.4 Å². The Kier molecular flexibility index (Phi) is 6.53. The summed E-state index contributed by atoms with van der Waals surface area (Å²) in [6.45, 7) is 5.23. The third-order valence-electron chi connectivity index (χ3n) is 3.97. The van der Waals surface area contributed by atoms with Crippen molar-refractivity contribution in [2.75, 3.05) is 13.2 Å². The number of hydrogen-bond acceptors (Lipinski definition) is 5. The number of hydrogen-bond donors (Lipinski definition) is 1. The van der Waals surface area contributed by atoms with Crippen molar-refractivity contribution >= 4 is 40.3 Å². The number of ether oxygens (including phenoxy) is 2. The highest BCUT2D eigenvalue weighted by molar-refractivity contribution is 8.26. The molecule has 1 fully saturated rings. The van der Waals surface area contributed by atoms with Crippen molar-refractivity contribution in [3.63, 3.8) is 0 Å². The van der Waals surface area contributed by atoms with Crippen LogP contribution in [-0.2, 0) is 4.79 Å². The summed E-state index contributed by atoms with van der Waals surface area (Å²) >= 11 is 6.26. The van der Waals surface area contributed by atoms with Crippen LogP contribution in [0.3, 0.4) is 0 Å². The molecule has 27 heavy (non-hydrogen) atoms. The summed E-state index contributed by atoms with van der Waals surface area (Å²) in [5.74, 6) is 1.93. The van der Waals surface area contributed by atoms with Crippen molar-refractivity contribution in [3.8, 4) is 11.5 Å². The fourth-order valence-electron chi connectivity index (χ4n) is 2.63. The number of para-hydroxylation sites is 1. The second-order valence-electron chi connectivity index (χ2n) is 6.31. The van der Waals surface area contributed by atoms with E-state index >= 15 is 0 Å². The van der Waals surface area contributed by atoms with Crippen LogP contribution in [0.2, 0.25) is 0 Å². The number of carbonyl (C=O) groups excluding carboxylic acids is 1. The van der Waals surface area contributed by atoms with E-state index in [-0.39, 0.29) is 5.91 Å². The van der Waals surface area contributed by atoms with E-state index in [1.54, 1.807) is 0 Å². The van der Waals surface area contributed by atoms with Crippen LogP contribution >= 0.6 is 24.0 Å². The van der Waals surface area contributed by atoms with Gasteiger partial charge in [0.2, 0.25) is 0 Å². The zero-order chi connectivity index (χ0) is 19.2. The molecule has 0 atom stereocenters. The minimum absolute atomic E-state index is 0.149. The van der Waals surface area contributed by atoms with Crippen LogP contribution in [0.4, 0.5) is 0 Å². The molecule has 0 bridgehead atoms. The maximum atomic E-state index is 11.7. The minimum atomic E-state index is -0.149. The van der Waals surface area contributed by atoms with Crippen LogP contribution in [0.25, 0.3) is 6.08 Å². The molecule has 0 radical (unpaired) electrons. The SMILES string of the molecule is CC(C)c1ccccc1OCCOc1ccc(/C=C2\SC(=S)NC2=O)cc1. The molecule has 2 aromatic carbocycles. The molecule has 0 aliphatic carbocycles. The van der Waals surface area contributed by atoms with E-state index in [1.807, 2.05) is 48.5 Å². The highest BCUT2D eigenvalue weighted by Gasteiger charge is 2.21. The van der Waals surface area contributed by atoms with E-state index in [1.165, 1.54) is 17.3 Å². The quantitative estimate of drug-likeness (QED) is 0.413. The standard InChI is InChI=1S/C21H21NO3S2/c1-14(2)17-5-3-4-6-18(17)25-12-11-24-16-9-7-15(8-10-16)13-19-20(23)22-21(26)27-19/h3-10,13-14H,11-12H2,1-2H3,(H,22,23,26)/b19-13-. The average Bonchev–Trinajstić information content (AvgIpc) is 2.97. The first-order valence-electron chi connectivity index (χ1n) is 8.72. The fraction of sp³-hybridized carbons (Fsp3) is 0.238. The lowest BCUT2D eigenvalue weighted by molar-refractivity contribution is -0.115. The second-order valence-corrected chi connectivity index (χ2v) is 8.03. The van der Waals surface area contributed by atoms with Gasteiger partial charge in [0, 0.05) is 0 Å². The summed E-state index contributed by atoms with van der Waals surface area (Å²) in [5.41, 5.74) is 2.12. The first kappa shape index (κ1) is 19.5. The fourth-order valence-corrected chi connectivity index (χ4v) is 3.68. The summed E-state index contributed by atoms with van der Waals surface area (Å²) in [7, 11) is 0. The van der Waals surface area contributed by atoms with Gasteiger partial charge in [0.1, 0.15) is 29.0 Å². The van der Waals surface area contributed by atoms with Crippen LogP contribution in [0.1, 0.15) is 30.9 Å². The van der Waals surface area contributed by atoms with Gasteiger partial charge in [-0.1, -0.05) is 68.2 Å². The lowest BCUT2D eigenvalue weighted by Crippen LogP contribution is -2.17. The number of carbonyl (C=O) groups is 1. The van der Waals surface area contributed by atoms with E-state index in [2.05, 4.69) is 25.2 Å². The molecule has 1 N–H and O–H groups in total. The summed E-state index contributed by atoms with van der Waals surface area (Å²) in [5, 5.41) is 2.61. The largest absolute Gasteiger partial charge is 0.490 e. The number of thioether (sulfide) groups is 1. The van der Waals surface area contributed by atoms with Gasteiger partial charge in [0.25, 0.3) is 5.91 Å². The molecule has 0 unspecified atom stereocenters. The molecule has 140 valence electrons. The van der Waals surface area contributed by atoms with Crippen LogP contribution in [0, 0.1) is 0 Å². The molecule has 0 aromatic heterocycles. The van der Waals surface area contributed by atoms with Gasteiger partial charge in [0.15, 0.2) is 0 Å². The van der Waals surface area contributed by atoms with Gasteiger partial charge in [-0.25, -0.2) is 0 Å². The van der Waals surface area contributed by atoms with Gasteiger partial charge in [0.05, 0.1) is 4.91 Å². The number of thiocarbonyl (C=S) groups is 1. The zero-order valence-electron chi connectivity index (χ0n) is 15.2. The molecule has 1 aliphatic rings. The highest BCUT2D eigenvalue weighted by Crippen LogP contribution is 2.27. The van der Waals surface area contributed by atoms with Crippen molar-refractivity contribution in [1.29, 1.82) is 0 Å². The molecule has 4 nitrogen and oxygen atoms in total. The Morgan fingerprint density at radius 3 is 2.44 bits per heavy atom. The molecule has 1 saturated heterocycles. The Hall–Kier alpha value is -2.31. The summed E-state index contributed by atoms with van der Waals surface area (Å²) < 4.78 is 12.1. The summed E-state index contributed by atoms with van der Waals surface area (Å²) in [6, 6.07) is 15.7. The number of rotatable bonds is 7.